The molecule has 11 heteroatoms. The Balaban J connectivity index is 1.58. The molecule has 2 N–H and O–H groups in total. The third-order valence-corrected chi connectivity index (χ3v) is 6.94. The standard InChI is InChI=1S/C18H24N4O6S/c1-27-12-6-21(7-12)14-5-4-13(20-17(14)28-8-11-2-3-11)18(24)22-10-29(25,26)9-15(22)16(19)23/h4-5,11-12,15H,2-3,6-10H2,1H3,(H2,19,23). The number of primary amides is 1. The maximum atomic E-state index is 12.9. The molecule has 0 bridgehead atoms. The summed E-state index contributed by atoms with van der Waals surface area (Å²) in [7, 11) is -1.91. The third kappa shape index (κ3) is 4.15. The Morgan fingerprint density at radius 1 is 1.28 bits per heavy atom. The van der Waals surface area contributed by atoms with Crippen molar-refractivity contribution in [3.8, 4) is 5.88 Å². The number of nitrogens with two attached hydrogens (primary N) is 1. The molecule has 3 aliphatic rings. The lowest BCUT2D eigenvalue weighted by atomic mass is 10.1. The molecule has 2 aliphatic heterocycles. The summed E-state index contributed by atoms with van der Waals surface area (Å²) in [6.07, 6.45) is 2.35. The van der Waals surface area contributed by atoms with Crippen molar-refractivity contribution in [1.29, 1.82) is 0 Å². The number of carbonyl (C=O) groups is 2. The molecule has 1 aromatic rings. The number of anilines is 1. The van der Waals surface area contributed by atoms with Crippen molar-refractivity contribution >= 4 is 27.3 Å². The molecule has 1 unspecified atom stereocenters. The van der Waals surface area contributed by atoms with Gasteiger partial charge in [0.25, 0.3) is 5.91 Å². The van der Waals surface area contributed by atoms with Crippen LogP contribution in [0.3, 0.4) is 0 Å². The van der Waals surface area contributed by atoms with Crippen molar-refractivity contribution in [3.63, 3.8) is 0 Å². The Morgan fingerprint density at radius 2 is 2.00 bits per heavy atom. The molecule has 0 radical (unpaired) electrons. The highest BCUT2D eigenvalue weighted by Gasteiger charge is 2.42. The van der Waals surface area contributed by atoms with E-state index in [-0.39, 0.29) is 11.8 Å². The first-order chi connectivity index (χ1) is 13.8. The number of pyridine rings is 1. The second kappa shape index (κ2) is 7.45. The first kappa shape index (κ1) is 19.9. The van der Waals surface area contributed by atoms with Gasteiger partial charge in [0, 0.05) is 20.2 Å². The minimum atomic E-state index is -3.57. The van der Waals surface area contributed by atoms with Crippen molar-refractivity contribution in [3.05, 3.63) is 17.8 Å². The highest BCUT2D eigenvalue weighted by molar-refractivity contribution is 7.91. The third-order valence-electron chi connectivity index (χ3n) is 5.45. The van der Waals surface area contributed by atoms with E-state index in [2.05, 4.69) is 4.98 Å². The van der Waals surface area contributed by atoms with Crippen LogP contribution in [0.5, 0.6) is 5.88 Å². The Hall–Kier alpha value is -2.40. The average Bonchev–Trinajstić information content (AvgIpc) is 3.40. The minimum absolute atomic E-state index is 0.0201. The normalized spacial score (nSPS) is 23.7. The molecule has 0 spiro atoms. The van der Waals surface area contributed by atoms with Crippen LogP contribution < -0.4 is 15.4 Å². The van der Waals surface area contributed by atoms with Crippen LogP contribution in [0.15, 0.2) is 12.1 Å². The average molecular weight is 424 g/mol. The number of methoxy groups -OCH3 is 1. The summed E-state index contributed by atoms with van der Waals surface area (Å²) in [6, 6.07) is 2.06. The zero-order valence-electron chi connectivity index (χ0n) is 16.1. The molecular formula is C18H24N4O6S. The van der Waals surface area contributed by atoms with Crippen molar-refractivity contribution in [1.82, 2.24) is 9.88 Å². The van der Waals surface area contributed by atoms with E-state index >= 15 is 0 Å². The molecule has 3 fully saturated rings. The van der Waals surface area contributed by atoms with Crippen LogP contribution in [-0.4, -0.2) is 80.7 Å². The highest BCUT2D eigenvalue weighted by Crippen LogP contribution is 2.34. The summed E-state index contributed by atoms with van der Waals surface area (Å²) in [5.41, 5.74) is 6.08. The summed E-state index contributed by atoms with van der Waals surface area (Å²) < 4.78 is 35.0. The van der Waals surface area contributed by atoms with Gasteiger partial charge in [0.1, 0.15) is 23.3 Å². The van der Waals surface area contributed by atoms with Crippen LogP contribution in [0.25, 0.3) is 0 Å². The number of nitrogens with zero attached hydrogens (tertiary/aromatic N) is 3. The van der Waals surface area contributed by atoms with Crippen LogP contribution in [0.2, 0.25) is 0 Å². The SMILES string of the molecule is COC1CN(c2ccc(C(=O)N3CS(=O)(=O)CC3C(N)=O)nc2OCC2CC2)C1. The van der Waals surface area contributed by atoms with E-state index in [9.17, 15) is 18.0 Å². The van der Waals surface area contributed by atoms with Gasteiger partial charge in [-0.3, -0.25) is 9.59 Å². The molecular weight excluding hydrogens is 400 g/mol. The fraction of sp³-hybridized carbons (Fsp3) is 0.611. The molecule has 10 nitrogen and oxygen atoms in total. The van der Waals surface area contributed by atoms with Gasteiger partial charge in [-0.1, -0.05) is 0 Å². The summed E-state index contributed by atoms with van der Waals surface area (Å²) >= 11 is 0. The summed E-state index contributed by atoms with van der Waals surface area (Å²) in [5, 5.41) is 0. The van der Waals surface area contributed by atoms with Gasteiger partial charge in [-0.05, 0) is 30.9 Å². The molecule has 158 valence electrons. The lowest BCUT2D eigenvalue weighted by Crippen LogP contribution is -2.52. The number of rotatable bonds is 7. The van der Waals surface area contributed by atoms with Gasteiger partial charge >= 0.3 is 0 Å². The zero-order valence-corrected chi connectivity index (χ0v) is 16.9. The maximum Gasteiger partial charge on any atom is 0.274 e. The van der Waals surface area contributed by atoms with Gasteiger partial charge in [0.15, 0.2) is 9.84 Å². The molecule has 4 rings (SSSR count). The van der Waals surface area contributed by atoms with E-state index in [1.807, 2.05) is 4.90 Å². The molecule has 29 heavy (non-hydrogen) atoms. The minimum Gasteiger partial charge on any atom is -0.476 e. The van der Waals surface area contributed by atoms with Gasteiger partial charge < -0.3 is 25.0 Å². The monoisotopic (exact) mass is 424 g/mol. The summed E-state index contributed by atoms with van der Waals surface area (Å²) in [5.74, 6) is -1.71. The van der Waals surface area contributed by atoms with Crippen LogP contribution in [0.4, 0.5) is 5.69 Å². The van der Waals surface area contributed by atoms with E-state index in [4.69, 9.17) is 15.2 Å². The molecule has 1 saturated carbocycles. The van der Waals surface area contributed by atoms with Crippen molar-refractivity contribution < 1.29 is 27.5 Å². The molecule has 3 heterocycles. The molecule has 2 amide bonds. The van der Waals surface area contributed by atoms with Crippen LogP contribution in [-0.2, 0) is 19.4 Å². The van der Waals surface area contributed by atoms with Gasteiger partial charge in [-0.2, -0.15) is 0 Å². The van der Waals surface area contributed by atoms with Gasteiger partial charge in [-0.25, -0.2) is 13.4 Å². The summed E-state index contributed by atoms with van der Waals surface area (Å²) in [4.78, 5) is 31.9. The van der Waals surface area contributed by atoms with Crippen LogP contribution >= 0.6 is 0 Å². The number of carbonyl (C=O) groups excluding carboxylic acids is 2. The molecule has 1 aromatic heterocycles. The second-order valence-electron chi connectivity index (χ2n) is 7.77. The van der Waals surface area contributed by atoms with Gasteiger partial charge in [0.05, 0.1) is 18.5 Å². The fourth-order valence-electron chi connectivity index (χ4n) is 3.43. The Bertz CT molecular complexity index is 926. The summed E-state index contributed by atoms with van der Waals surface area (Å²) in [6.45, 7) is 1.90. The Morgan fingerprint density at radius 3 is 2.62 bits per heavy atom. The molecule has 0 aromatic carbocycles. The highest BCUT2D eigenvalue weighted by atomic mass is 32.2. The first-order valence-corrected chi connectivity index (χ1v) is 11.3. The smallest absolute Gasteiger partial charge is 0.274 e. The van der Waals surface area contributed by atoms with Crippen LogP contribution in [0, 0.1) is 5.92 Å². The number of ether oxygens (including phenoxy) is 2. The topological polar surface area (TPSA) is 132 Å². The lowest BCUT2D eigenvalue weighted by molar-refractivity contribution is -0.121. The number of aromatic nitrogens is 1. The Labute approximate surface area is 168 Å². The second-order valence-corrected chi connectivity index (χ2v) is 9.85. The van der Waals surface area contributed by atoms with E-state index in [1.165, 1.54) is 6.07 Å². The number of hydrogen-bond donors (Lipinski definition) is 1. The van der Waals surface area contributed by atoms with Gasteiger partial charge in [0.2, 0.25) is 11.8 Å². The zero-order chi connectivity index (χ0) is 20.8. The molecule has 2 saturated heterocycles. The van der Waals surface area contributed by atoms with E-state index in [1.54, 1.807) is 13.2 Å². The van der Waals surface area contributed by atoms with Crippen molar-refractivity contribution in [2.75, 3.05) is 43.3 Å². The predicted molar refractivity (Wildman–Crippen MR) is 103 cm³/mol. The molecule has 1 atom stereocenters. The van der Waals surface area contributed by atoms with E-state index in [0.717, 1.165) is 23.4 Å². The fourth-order valence-corrected chi connectivity index (χ4v) is 5.08. The Kier molecular flexibility index (Phi) is 5.11. The van der Waals surface area contributed by atoms with E-state index < -0.39 is 39.3 Å². The lowest BCUT2D eigenvalue weighted by Gasteiger charge is -2.40. The number of sulfone groups is 1. The maximum absolute atomic E-state index is 12.9. The quantitative estimate of drug-likeness (QED) is 0.613. The van der Waals surface area contributed by atoms with Crippen molar-refractivity contribution in [2.24, 2.45) is 11.7 Å². The van der Waals surface area contributed by atoms with Crippen molar-refractivity contribution in [2.45, 2.75) is 25.0 Å². The first-order valence-electron chi connectivity index (χ1n) is 9.49. The number of amides is 2. The van der Waals surface area contributed by atoms with Crippen LogP contribution in [0.1, 0.15) is 23.3 Å². The molecule has 1 aliphatic carbocycles. The number of hydrogen-bond acceptors (Lipinski definition) is 8. The van der Waals surface area contributed by atoms with Gasteiger partial charge in [-0.15, -0.1) is 0 Å². The largest absolute Gasteiger partial charge is 0.476 e. The predicted octanol–water partition coefficient (Wildman–Crippen LogP) is -0.613. The van der Waals surface area contributed by atoms with E-state index in [0.29, 0.717) is 31.5 Å².